The van der Waals surface area contributed by atoms with Gasteiger partial charge in [0.15, 0.2) is 0 Å². The van der Waals surface area contributed by atoms with Crippen LogP contribution in [0.3, 0.4) is 0 Å². The second-order valence-corrected chi connectivity index (χ2v) is 9.50. The molecule has 4 aromatic heterocycles. The maximum Gasteiger partial charge on any atom is 2.00 e. The van der Waals surface area contributed by atoms with Crippen LogP contribution in [0.4, 0.5) is 26.3 Å². The van der Waals surface area contributed by atoms with Gasteiger partial charge in [-0.15, -0.1) is 12.1 Å². The maximum absolute atomic E-state index is 14.9. The third-order valence-corrected chi connectivity index (χ3v) is 6.34. The Morgan fingerprint density at radius 2 is 0.919 bits per heavy atom. The van der Waals surface area contributed by atoms with Crippen molar-refractivity contribution in [1.29, 1.82) is 0 Å². The van der Waals surface area contributed by atoms with Crippen LogP contribution in [-0.2, 0) is 31.9 Å². The summed E-state index contributed by atoms with van der Waals surface area (Å²) < 4.78 is 89.0. The number of hydrogen-bond donors (Lipinski definition) is 0. The molecule has 0 saturated heterocycles. The smallest absolute Gasteiger partial charge is 0.300 e. The topological polar surface area (TPSA) is 51.6 Å². The summed E-state index contributed by atoms with van der Waals surface area (Å²) in [6.07, 6.45) is 0. The van der Waals surface area contributed by atoms with Gasteiger partial charge in [0.25, 0.3) is 0 Å². The number of halogens is 6. The third kappa shape index (κ3) is 4.35. The predicted octanol–water partition coefficient (Wildman–Crippen LogP) is 6.00. The average Bonchev–Trinajstić information content (AvgIpc) is 2.77. The Morgan fingerprint density at radius 3 is 1.30 bits per heavy atom. The first-order chi connectivity index (χ1) is 16.8. The molecule has 0 radical (unpaired) electrons. The van der Waals surface area contributed by atoms with E-state index >= 15 is 0 Å². The molecule has 0 aliphatic carbocycles. The molecule has 192 valence electrons. The van der Waals surface area contributed by atoms with Crippen LogP contribution in [0.1, 0.15) is 50.2 Å². The van der Waals surface area contributed by atoms with Crippen LogP contribution in [0, 0.1) is 47.6 Å². The molecule has 0 amide bonds. The normalized spacial score (nSPS) is 15.0. The SMILES string of the molecule is CC1(C)c2cc(F)cc(n2)-c2[c-]c(c(F)nc2F)C(C)(C)c2[c-]c(c(F)nc2F)-c2cc(F)cc1n2.[Pt+2]. The Morgan fingerprint density at radius 1 is 0.541 bits per heavy atom. The summed E-state index contributed by atoms with van der Waals surface area (Å²) in [6.45, 7) is 5.80. The molecule has 0 saturated carbocycles. The molecule has 11 heteroatoms. The number of pyridine rings is 4. The van der Waals surface area contributed by atoms with Crippen LogP contribution >= 0.6 is 0 Å². The molecule has 0 N–H and O–H groups in total. The minimum atomic E-state index is -1.69. The molecule has 0 unspecified atom stereocenters. The van der Waals surface area contributed by atoms with Crippen molar-refractivity contribution in [2.24, 2.45) is 0 Å². The molecule has 4 aromatic rings. The van der Waals surface area contributed by atoms with Gasteiger partial charge < -0.3 is 0 Å². The standard InChI is InChI=1S/C26H16F6N4.Pt/c1-25(2)15-9-13(21(29)35-23(15)31)17-5-11(27)7-19(33-17)26(3,4)20-8-12(28)6-18(34-20)14-10-16(25)24(32)36-22(14)30;/h5-8H,1-4H3;/q-2;+2. The van der Waals surface area contributed by atoms with Gasteiger partial charge in [-0.3, -0.25) is 19.9 Å². The predicted molar refractivity (Wildman–Crippen MR) is 117 cm³/mol. The van der Waals surface area contributed by atoms with Gasteiger partial charge in [-0.05, 0) is 54.9 Å². The molecule has 0 atom stereocenters. The van der Waals surface area contributed by atoms with Crippen LogP contribution in [0.5, 0.6) is 0 Å². The molecule has 0 fully saturated rings. The Kier molecular flexibility index (Phi) is 6.55. The maximum atomic E-state index is 14.9. The molecular formula is C26H16F6N4Pt. The number of fused-ring (bicyclic) bond motifs is 10. The first-order valence-corrected chi connectivity index (χ1v) is 10.7. The van der Waals surface area contributed by atoms with E-state index in [4.69, 9.17) is 0 Å². The van der Waals surface area contributed by atoms with Crippen LogP contribution in [0.25, 0.3) is 22.5 Å². The van der Waals surface area contributed by atoms with Gasteiger partial charge >= 0.3 is 21.1 Å². The summed E-state index contributed by atoms with van der Waals surface area (Å²) in [4.78, 5) is 15.2. The van der Waals surface area contributed by atoms with E-state index in [1.54, 1.807) is 13.8 Å². The van der Waals surface area contributed by atoms with Crippen molar-refractivity contribution in [1.82, 2.24) is 19.9 Å². The zero-order chi connectivity index (χ0) is 26.2. The van der Waals surface area contributed by atoms with Crippen molar-refractivity contribution in [2.45, 2.75) is 38.5 Å². The summed E-state index contributed by atoms with van der Waals surface area (Å²) in [7, 11) is 0. The van der Waals surface area contributed by atoms with E-state index in [1.165, 1.54) is 13.8 Å². The first-order valence-electron chi connectivity index (χ1n) is 10.7. The average molecular weight is 694 g/mol. The molecule has 4 nitrogen and oxygen atoms in total. The van der Waals surface area contributed by atoms with Crippen LogP contribution in [0.15, 0.2) is 24.3 Å². The summed E-state index contributed by atoms with van der Waals surface area (Å²) in [6, 6.07) is 9.00. The second-order valence-electron chi connectivity index (χ2n) is 9.50. The largest absolute Gasteiger partial charge is 2.00 e. The van der Waals surface area contributed by atoms with Crippen molar-refractivity contribution in [3.05, 3.63) is 94.3 Å². The quantitative estimate of drug-likeness (QED) is 0.129. The zero-order valence-corrected chi connectivity index (χ0v) is 22.0. The van der Waals surface area contributed by atoms with Crippen molar-refractivity contribution >= 4 is 0 Å². The van der Waals surface area contributed by atoms with Crippen LogP contribution in [0.2, 0.25) is 0 Å². The Balaban J connectivity index is 0.00000320. The van der Waals surface area contributed by atoms with Gasteiger partial charge in [0.05, 0.1) is 0 Å². The van der Waals surface area contributed by atoms with Crippen LogP contribution < -0.4 is 0 Å². The fourth-order valence-electron chi connectivity index (χ4n) is 4.17. The summed E-state index contributed by atoms with van der Waals surface area (Å²) in [5, 5.41) is 0. The van der Waals surface area contributed by atoms with Crippen molar-refractivity contribution in [3.8, 4) is 22.5 Å². The van der Waals surface area contributed by atoms with Gasteiger partial charge in [0.1, 0.15) is 35.4 Å². The Hall–Kier alpha value is -3.13. The second kappa shape index (κ2) is 9.01. The Labute approximate surface area is 222 Å². The van der Waals surface area contributed by atoms with Gasteiger partial charge in [0, 0.05) is 16.8 Å². The Bertz CT molecular complexity index is 1460. The fraction of sp³-hybridized carbons (Fsp3) is 0.231. The van der Waals surface area contributed by atoms with E-state index in [-0.39, 0.29) is 43.8 Å². The van der Waals surface area contributed by atoms with Gasteiger partial charge in [-0.2, -0.15) is 0 Å². The summed E-state index contributed by atoms with van der Waals surface area (Å²) in [5.41, 5.74) is -5.25. The number of hydrogen-bond acceptors (Lipinski definition) is 4. The number of rotatable bonds is 0. The van der Waals surface area contributed by atoms with E-state index in [0.29, 0.717) is 0 Å². The van der Waals surface area contributed by atoms with E-state index in [9.17, 15) is 26.3 Å². The molecule has 1 aliphatic heterocycles. The molecule has 5 rings (SSSR count). The molecule has 8 bridgehead atoms. The minimum absolute atomic E-state index is 0. The fourth-order valence-corrected chi connectivity index (χ4v) is 4.17. The molecule has 5 heterocycles. The molecule has 0 aromatic carbocycles. The molecule has 1 aliphatic rings. The van der Waals surface area contributed by atoms with E-state index in [1.807, 2.05) is 0 Å². The third-order valence-electron chi connectivity index (χ3n) is 6.34. The van der Waals surface area contributed by atoms with Crippen molar-refractivity contribution < 1.29 is 47.4 Å². The van der Waals surface area contributed by atoms with E-state index in [2.05, 4.69) is 32.1 Å². The monoisotopic (exact) mass is 693 g/mol. The first kappa shape index (κ1) is 26.9. The summed E-state index contributed by atoms with van der Waals surface area (Å²) in [5.74, 6) is -6.93. The van der Waals surface area contributed by atoms with Gasteiger partial charge in [-0.25, -0.2) is 26.3 Å². The number of aromatic nitrogens is 4. The zero-order valence-electron chi connectivity index (χ0n) is 19.7. The van der Waals surface area contributed by atoms with Crippen molar-refractivity contribution in [3.63, 3.8) is 0 Å². The summed E-state index contributed by atoms with van der Waals surface area (Å²) >= 11 is 0. The van der Waals surface area contributed by atoms with Gasteiger partial charge in [0.2, 0.25) is 0 Å². The van der Waals surface area contributed by atoms with Crippen molar-refractivity contribution in [2.75, 3.05) is 0 Å². The minimum Gasteiger partial charge on any atom is -0.300 e. The van der Waals surface area contributed by atoms with Crippen LogP contribution in [-0.4, -0.2) is 19.9 Å². The molecule has 0 spiro atoms. The van der Waals surface area contributed by atoms with E-state index in [0.717, 1.165) is 24.3 Å². The number of nitrogens with zero attached hydrogens (tertiary/aromatic N) is 4. The molecular weight excluding hydrogens is 677 g/mol. The molecule has 37 heavy (non-hydrogen) atoms. The van der Waals surface area contributed by atoms with Gasteiger partial charge in [-0.1, -0.05) is 36.1 Å². The van der Waals surface area contributed by atoms with E-state index < -0.39 is 68.5 Å².